The molecule has 0 heterocycles. The van der Waals surface area contributed by atoms with Crippen molar-refractivity contribution in [3.8, 4) is 5.75 Å². The van der Waals surface area contributed by atoms with Gasteiger partial charge in [0.15, 0.2) is 0 Å². The zero-order valence-electron chi connectivity index (χ0n) is 9.50. The summed E-state index contributed by atoms with van der Waals surface area (Å²) in [5, 5.41) is 0.523. The number of halogens is 3. The molecule has 0 saturated heterocycles. The van der Waals surface area contributed by atoms with E-state index in [0.717, 1.165) is 11.1 Å². The Balaban J connectivity index is 2.04. The van der Waals surface area contributed by atoms with Crippen molar-refractivity contribution < 1.29 is 9.13 Å². The highest BCUT2D eigenvalue weighted by Crippen LogP contribution is 2.26. The average Bonchev–Trinajstić information content (AvgIpc) is 2.39. The first-order valence-electron chi connectivity index (χ1n) is 5.40. The Kier molecular flexibility index (Phi) is 4.45. The van der Waals surface area contributed by atoms with Gasteiger partial charge in [-0.25, -0.2) is 4.39 Å². The third kappa shape index (κ3) is 3.37. The maximum atomic E-state index is 12.7. The molecule has 94 valence electrons. The summed E-state index contributed by atoms with van der Waals surface area (Å²) in [4.78, 5) is 0. The van der Waals surface area contributed by atoms with Crippen LogP contribution in [0.2, 0.25) is 5.02 Å². The summed E-state index contributed by atoms with van der Waals surface area (Å²) < 4.78 is 18.3. The molecule has 0 amide bonds. The van der Waals surface area contributed by atoms with Crippen LogP contribution in [-0.2, 0) is 12.5 Å². The third-order valence-corrected chi connectivity index (χ3v) is 3.06. The normalized spacial score (nSPS) is 10.4. The molecule has 1 nitrogen and oxygen atoms in total. The fourth-order valence-electron chi connectivity index (χ4n) is 1.49. The Labute approximate surface area is 115 Å². The van der Waals surface area contributed by atoms with Crippen LogP contribution >= 0.6 is 23.2 Å². The second-order valence-electron chi connectivity index (χ2n) is 3.81. The highest BCUT2D eigenvalue weighted by Gasteiger charge is 2.03. The number of hydrogen-bond acceptors (Lipinski definition) is 1. The maximum absolute atomic E-state index is 12.7. The predicted octanol–water partition coefficient (Wildman–Crippen LogP) is 4.80. The monoisotopic (exact) mass is 284 g/mol. The molecule has 2 aromatic rings. The summed E-state index contributed by atoms with van der Waals surface area (Å²) in [5.74, 6) is 0.746. The smallest absolute Gasteiger partial charge is 0.138 e. The molecule has 0 aliphatic rings. The number of ether oxygens (including phenoxy) is 1. The van der Waals surface area contributed by atoms with Crippen molar-refractivity contribution >= 4 is 23.2 Å². The predicted molar refractivity (Wildman–Crippen MR) is 71.7 cm³/mol. The molecule has 0 aliphatic heterocycles. The topological polar surface area (TPSA) is 9.23 Å². The Morgan fingerprint density at radius 2 is 1.67 bits per heavy atom. The molecule has 0 bridgehead atoms. The molecule has 0 atom stereocenters. The second kappa shape index (κ2) is 6.07. The number of benzene rings is 2. The summed E-state index contributed by atoms with van der Waals surface area (Å²) in [7, 11) is 0. The summed E-state index contributed by atoms with van der Waals surface area (Å²) >= 11 is 11.8. The standard InChI is InChI=1S/C14H11Cl2FO/c15-8-11-3-6-14(13(16)7-11)18-9-10-1-4-12(17)5-2-10/h1-7H,8-9H2. The highest BCUT2D eigenvalue weighted by atomic mass is 35.5. The SMILES string of the molecule is Fc1ccc(COc2ccc(CCl)cc2Cl)cc1. The van der Waals surface area contributed by atoms with Gasteiger partial charge in [0.25, 0.3) is 0 Å². The van der Waals surface area contributed by atoms with E-state index in [9.17, 15) is 4.39 Å². The van der Waals surface area contributed by atoms with Gasteiger partial charge in [-0.15, -0.1) is 11.6 Å². The van der Waals surface area contributed by atoms with Gasteiger partial charge in [-0.1, -0.05) is 29.8 Å². The lowest BCUT2D eigenvalue weighted by Gasteiger charge is -2.09. The average molecular weight is 285 g/mol. The van der Waals surface area contributed by atoms with E-state index < -0.39 is 0 Å². The van der Waals surface area contributed by atoms with Gasteiger partial charge in [0, 0.05) is 5.88 Å². The molecule has 0 spiro atoms. The van der Waals surface area contributed by atoms with Crippen LogP contribution in [-0.4, -0.2) is 0 Å². The third-order valence-electron chi connectivity index (χ3n) is 2.46. The van der Waals surface area contributed by atoms with Gasteiger partial charge >= 0.3 is 0 Å². The largest absolute Gasteiger partial charge is 0.487 e. The second-order valence-corrected chi connectivity index (χ2v) is 4.49. The van der Waals surface area contributed by atoms with Gasteiger partial charge < -0.3 is 4.74 Å². The van der Waals surface area contributed by atoms with Gasteiger partial charge in [-0.2, -0.15) is 0 Å². The molecule has 0 aliphatic carbocycles. The molecule has 0 saturated carbocycles. The Hall–Kier alpha value is -1.25. The van der Waals surface area contributed by atoms with E-state index in [-0.39, 0.29) is 5.82 Å². The molecule has 0 radical (unpaired) electrons. The number of alkyl halides is 1. The molecular formula is C14H11Cl2FO. The van der Waals surface area contributed by atoms with Crippen LogP contribution in [0.25, 0.3) is 0 Å². The summed E-state index contributed by atoms with van der Waals surface area (Å²) in [6, 6.07) is 11.6. The van der Waals surface area contributed by atoms with Crippen LogP contribution < -0.4 is 4.74 Å². The fraction of sp³-hybridized carbons (Fsp3) is 0.143. The lowest BCUT2D eigenvalue weighted by atomic mass is 10.2. The molecule has 0 fully saturated rings. The highest BCUT2D eigenvalue weighted by molar-refractivity contribution is 6.32. The van der Waals surface area contributed by atoms with Crippen molar-refractivity contribution in [1.29, 1.82) is 0 Å². The molecule has 0 aromatic heterocycles. The van der Waals surface area contributed by atoms with Gasteiger partial charge in [-0.05, 0) is 35.4 Å². The van der Waals surface area contributed by atoms with Crippen LogP contribution in [0, 0.1) is 5.82 Å². The summed E-state index contributed by atoms with van der Waals surface area (Å²) in [6.07, 6.45) is 0. The molecule has 0 N–H and O–H groups in total. The van der Waals surface area contributed by atoms with Gasteiger partial charge in [0.1, 0.15) is 18.2 Å². The van der Waals surface area contributed by atoms with E-state index in [1.165, 1.54) is 12.1 Å². The van der Waals surface area contributed by atoms with Crippen molar-refractivity contribution in [1.82, 2.24) is 0 Å². The van der Waals surface area contributed by atoms with Gasteiger partial charge in [-0.3, -0.25) is 0 Å². The quantitative estimate of drug-likeness (QED) is 0.733. The minimum absolute atomic E-state index is 0.261. The van der Waals surface area contributed by atoms with Crippen LogP contribution in [0.3, 0.4) is 0 Å². The first-order chi connectivity index (χ1) is 8.69. The van der Waals surface area contributed by atoms with E-state index in [4.69, 9.17) is 27.9 Å². The Morgan fingerprint density at radius 3 is 2.28 bits per heavy atom. The molecule has 4 heteroatoms. The molecular weight excluding hydrogens is 274 g/mol. The maximum Gasteiger partial charge on any atom is 0.138 e. The summed E-state index contributed by atoms with van der Waals surface area (Å²) in [5.41, 5.74) is 1.82. The van der Waals surface area contributed by atoms with E-state index in [0.29, 0.717) is 23.3 Å². The van der Waals surface area contributed by atoms with Crippen LogP contribution in [0.4, 0.5) is 4.39 Å². The number of rotatable bonds is 4. The Bertz CT molecular complexity index is 526. The summed E-state index contributed by atoms with van der Waals surface area (Å²) in [6.45, 7) is 0.347. The molecule has 2 rings (SSSR count). The van der Waals surface area contributed by atoms with Crippen molar-refractivity contribution in [2.75, 3.05) is 0 Å². The lowest BCUT2D eigenvalue weighted by Crippen LogP contribution is -1.96. The van der Waals surface area contributed by atoms with Crippen LogP contribution in [0.1, 0.15) is 11.1 Å². The van der Waals surface area contributed by atoms with Gasteiger partial charge in [0.05, 0.1) is 5.02 Å². The van der Waals surface area contributed by atoms with E-state index >= 15 is 0 Å². The van der Waals surface area contributed by atoms with Gasteiger partial charge in [0.2, 0.25) is 0 Å². The fourth-order valence-corrected chi connectivity index (χ4v) is 1.91. The van der Waals surface area contributed by atoms with Crippen molar-refractivity contribution in [2.45, 2.75) is 12.5 Å². The lowest BCUT2D eigenvalue weighted by molar-refractivity contribution is 0.306. The van der Waals surface area contributed by atoms with Crippen molar-refractivity contribution in [2.24, 2.45) is 0 Å². The van der Waals surface area contributed by atoms with Crippen molar-refractivity contribution in [3.63, 3.8) is 0 Å². The first-order valence-corrected chi connectivity index (χ1v) is 6.32. The minimum atomic E-state index is -0.261. The van der Waals surface area contributed by atoms with E-state index in [1.54, 1.807) is 24.3 Å². The Morgan fingerprint density at radius 1 is 1.00 bits per heavy atom. The van der Waals surface area contributed by atoms with Crippen LogP contribution in [0.5, 0.6) is 5.75 Å². The minimum Gasteiger partial charge on any atom is -0.487 e. The molecule has 2 aromatic carbocycles. The van der Waals surface area contributed by atoms with Crippen molar-refractivity contribution in [3.05, 3.63) is 64.4 Å². The zero-order chi connectivity index (χ0) is 13.0. The van der Waals surface area contributed by atoms with E-state index in [1.807, 2.05) is 6.07 Å². The molecule has 18 heavy (non-hydrogen) atoms. The molecule has 0 unspecified atom stereocenters. The first kappa shape index (κ1) is 13.2. The zero-order valence-corrected chi connectivity index (χ0v) is 11.0. The van der Waals surface area contributed by atoms with E-state index in [2.05, 4.69) is 0 Å². The van der Waals surface area contributed by atoms with Crippen LogP contribution in [0.15, 0.2) is 42.5 Å². The number of hydrogen-bond donors (Lipinski definition) is 0.